The summed E-state index contributed by atoms with van der Waals surface area (Å²) in [6.07, 6.45) is 0. The number of anilines is 1. The van der Waals surface area contributed by atoms with Crippen LogP contribution >= 0.6 is 0 Å². The fourth-order valence-corrected chi connectivity index (χ4v) is 3.68. The molecule has 0 spiro atoms. The largest absolute Gasteiger partial charge is 0.497 e. The van der Waals surface area contributed by atoms with Gasteiger partial charge in [-0.05, 0) is 17.2 Å². The van der Waals surface area contributed by atoms with Crippen LogP contribution in [0.2, 0.25) is 0 Å². The van der Waals surface area contributed by atoms with Crippen molar-refractivity contribution in [3.05, 3.63) is 89.5 Å². The molecule has 1 N–H and O–H groups in total. The molecule has 0 aliphatic carbocycles. The molecule has 0 radical (unpaired) electrons. The van der Waals surface area contributed by atoms with Gasteiger partial charge in [-0.2, -0.15) is 0 Å². The van der Waals surface area contributed by atoms with E-state index in [0.29, 0.717) is 29.3 Å². The predicted molar refractivity (Wildman–Crippen MR) is 114 cm³/mol. The van der Waals surface area contributed by atoms with Crippen molar-refractivity contribution < 1.29 is 19.1 Å². The fourth-order valence-electron chi connectivity index (χ4n) is 3.68. The molecule has 1 atom stereocenters. The zero-order valence-electron chi connectivity index (χ0n) is 16.8. The zero-order chi connectivity index (χ0) is 21.1. The van der Waals surface area contributed by atoms with Gasteiger partial charge in [0.1, 0.15) is 17.5 Å². The zero-order valence-corrected chi connectivity index (χ0v) is 16.8. The number of methoxy groups -OCH3 is 2. The van der Waals surface area contributed by atoms with Crippen molar-refractivity contribution in [3.8, 4) is 11.5 Å². The number of nitrogens with zero attached hydrogens (tertiary/aromatic N) is 1. The van der Waals surface area contributed by atoms with Gasteiger partial charge in [-0.1, -0.05) is 48.5 Å². The van der Waals surface area contributed by atoms with Crippen LogP contribution in [0.5, 0.6) is 11.5 Å². The molecule has 2 amide bonds. The predicted octanol–water partition coefficient (Wildman–Crippen LogP) is 4.04. The van der Waals surface area contributed by atoms with Crippen LogP contribution in [0.15, 0.2) is 72.8 Å². The third-order valence-corrected chi connectivity index (χ3v) is 5.14. The molecule has 3 aromatic carbocycles. The van der Waals surface area contributed by atoms with E-state index < -0.39 is 6.04 Å². The number of amides is 2. The maximum Gasteiger partial charge on any atom is 0.255 e. The van der Waals surface area contributed by atoms with E-state index in [-0.39, 0.29) is 11.8 Å². The minimum Gasteiger partial charge on any atom is -0.497 e. The summed E-state index contributed by atoms with van der Waals surface area (Å²) < 4.78 is 10.6. The second-order valence-electron chi connectivity index (χ2n) is 6.99. The number of benzene rings is 3. The van der Waals surface area contributed by atoms with E-state index in [2.05, 4.69) is 5.32 Å². The van der Waals surface area contributed by atoms with Crippen LogP contribution in [0, 0.1) is 0 Å². The lowest BCUT2D eigenvalue weighted by atomic mass is 10.0. The van der Waals surface area contributed by atoms with Gasteiger partial charge in [0.25, 0.3) is 11.8 Å². The average Bonchev–Trinajstić information content (AvgIpc) is 3.10. The molecule has 30 heavy (non-hydrogen) atoms. The second kappa shape index (κ2) is 8.29. The highest BCUT2D eigenvalue weighted by molar-refractivity contribution is 6.04. The molecule has 4 rings (SSSR count). The van der Waals surface area contributed by atoms with Crippen molar-refractivity contribution >= 4 is 17.5 Å². The van der Waals surface area contributed by atoms with E-state index >= 15 is 0 Å². The number of carbonyl (C=O) groups is 2. The molecule has 0 aromatic heterocycles. The molecule has 1 aliphatic rings. The highest BCUT2D eigenvalue weighted by Crippen LogP contribution is 2.33. The van der Waals surface area contributed by atoms with E-state index in [1.165, 1.54) is 0 Å². The number of nitrogens with one attached hydrogen (secondary N) is 1. The summed E-state index contributed by atoms with van der Waals surface area (Å²) in [5, 5.41) is 2.92. The second-order valence-corrected chi connectivity index (χ2v) is 6.99. The first-order valence-electron chi connectivity index (χ1n) is 9.58. The summed E-state index contributed by atoms with van der Waals surface area (Å²) >= 11 is 0. The van der Waals surface area contributed by atoms with Crippen LogP contribution < -0.4 is 14.8 Å². The number of fused-ring (bicyclic) bond motifs is 1. The maximum atomic E-state index is 13.4. The van der Waals surface area contributed by atoms with Gasteiger partial charge >= 0.3 is 0 Å². The first-order chi connectivity index (χ1) is 14.6. The molecular weight excluding hydrogens is 380 g/mol. The normalized spacial score (nSPS) is 13.5. The standard InChI is InChI=1S/C24H22N2O4/c1-29-19-12-18(13-20(14-19)30-2)25-23(27)22(16-8-4-3-5-9-16)26-15-17-10-6-7-11-21(17)24(26)28/h3-14,22H,15H2,1-2H3,(H,25,27). The van der Waals surface area contributed by atoms with Crippen molar-refractivity contribution in [1.29, 1.82) is 0 Å². The van der Waals surface area contributed by atoms with Crippen molar-refractivity contribution in [2.24, 2.45) is 0 Å². The van der Waals surface area contributed by atoms with E-state index in [1.807, 2.05) is 48.5 Å². The minimum absolute atomic E-state index is 0.155. The van der Waals surface area contributed by atoms with Crippen LogP contribution in [0.4, 0.5) is 5.69 Å². The number of ether oxygens (including phenoxy) is 2. The summed E-state index contributed by atoms with van der Waals surface area (Å²) in [7, 11) is 3.10. The summed E-state index contributed by atoms with van der Waals surface area (Å²) in [6, 6.07) is 21.1. The van der Waals surface area contributed by atoms with Crippen LogP contribution in [0.25, 0.3) is 0 Å². The monoisotopic (exact) mass is 402 g/mol. The van der Waals surface area contributed by atoms with Crippen molar-refractivity contribution in [2.75, 3.05) is 19.5 Å². The molecular formula is C24H22N2O4. The molecule has 152 valence electrons. The average molecular weight is 402 g/mol. The SMILES string of the molecule is COc1cc(NC(=O)C(c2ccccc2)N2Cc3ccccc3C2=O)cc(OC)c1. The van der Waals surface area contributed by atoms with Gasteiger partial charge in [0.2, 0.25) is 0 Å². The lowest BCUT2D eigenvalue weighted by molar-refractivity contribution is -0.120. The highest BCUT2D eigenvalue weighted by Gasteiger charge is 2.37. The van der Waals surface area contributed by atoms with E-state index in [1.54, 1.807) is 43.4 Å². The molecule has 6 nitrogen and oxygen atoms in total. The maximum absolute atomic E-state index is 13.4. The molecule has 1 aliphatic heterocycles. The van der Waals surface area contributed by atoms with Crippen molar-refractivity contribution in [1.82, 2.24) is 4.90 Å². The molecule has 0 saturated heterocycles. The number of carbonyl (C=O) groups excluding carboxylic acids is 2. The Hall–Kier alpha value is -3.80. The topological polar surface area (TPSA) is 67.9 Å². The van der Waals surface area contributed by atoms with Gasteiger partial charge < -0.3 is 19.7 Å². The number of hydrogen-bond acceptors (Lipinski definition) is 4. The first-order valence-corrected chi connectivity index (χ1v) is 9.58. The quantitative estimate of drug-likeness (QED) is 0.676. The highest BCUT2D eigenvalue weighted by atomic mass is 16.5. The lowest BCUT2D eigenvalue weighted by Gasteiger charge is -2.27. The van der Waals surface area contributed by atoms with Gasteiger partial charge in [0, 0.05) is 36.0 Å². The Labute approximate surface area is 175 Å². The Morgan fingerprint density at radius 1 is 0.933 bits per heavy atom. The Morgan fingerprint density at radius 2 is 1.57 bits per heavy atom. The van der Waals surface area contributed by atoms with Crippen LogP contribution in [-0.4, -0.2) is 30.9 Å². The van der Waals surface area contributed by atoms with Gasteiger partial charge in [-0.3, -0.25) is 9.59 Å². The summed E-state index contributed by atoms with van der Waals surface area (Å²) in [5.41, 5.74) is 2.82. The molecule has 0 fully saturated rings. The molecule has 6 heteroatoms. The smallest absolute Gasteiger partial charge is 0.255 e. The Bertz CT molecular complexity index is 1060. The minimum atomic E-state index is -0.775. The Kier molecular flexibility index (Phi) is 5.39. The Morgan fingerprint density at radius 3 is 2.20 bits per heavy atom. The van der Waals surface area contributed by atoms with Gasteiger partial charge in [-0.25, -0.2) is 0 Å². The molecule has 1 unspecified atom stereocenters. The van der Waals surface area contributed by atoms with E-state index in [0.717, 1.165) is 11.1 Å². The first kappa shape index (κ1) is 19.5. The van der Waals surface area contributed by atoms with Gasteiger partial charge in [0.15, 0.2) is 0 Å². The number of rotatable bonds is 6. The third kappa shape index (κ3) is 3.72. The molecule has 0 bridgehead atoms. The van der Waals surface area contributed by atoms with Gasteiger partial charge in [-0.15, -0.1) is 0 Å². The lowest BCUT2D eigenvalue weighted by Crippen LogP contribution is -2.37. The summed E-state index contributed by atoms with van der Waals surface area (Å²) in [6.45, 7) is 0.378. The van der Waals surface area contributed by atoms with E-state index in [4.69, 9.17) is 9.47 Å². The van der Waals surface area contributed by atoms with Crippen molar-refractivity contribution in [2.45, 2.75) is 12.6 Å². The van der Waals surface area contributed by atoms with Crippen LogP contribution in [-0.2, 0) is 11.3 Å². The van der Waals surface area contributed by atoms with E-state index in [9.17, 15) is 9.59 Å². The number of hydrogen-bond donors (Lipinski definition) is 1. The summed E-state index contributed by atoms with van der Waals surface area (Å²) in [4.78, 5) is 28.1. The van der Waals surface area contributed by atoms with Crippen molar-refractivity contribution in [3.63, 3.8) is 0 Å². The molecule has 1 heterocycles. The third-order valence-electron chi connectivity index (χ3n) is 5.14. The van der Waals surface area contributed by atoms with Gasteiger partial charge in [0.05, 0.1) is 14.2 Å². The molecule has 0 saturated carbocycles. The fraction of sp³-hybridized carbons (Fsp3) is 0.167. The molecule has 3 aromatic rings. The Balaban J connectivity index is 1.68. The van der Waals surface area contributed by atoms with Crippen LogP contribution in [0.1, 0.15) is 27.5 Å². The van der Waals surface area contributed by atoms with Crippen LogP contribution in [0.3, 0.4) is 0 Å². The summed E-state index contributed by atoms with van der Waals surface area (Å²) in [5.74, 6) is 0.659.